The van der Waals surface area contributed by atoms with E-state index in [1.807, 2.05) is 61.5 Å². The van der Waals surface area contributed by atoms with E-state index in [-0.39, 0.29) is 18.0 Å². The van der Waals surface area contributed by atoms with E-state index in [1.54, 1.807) is 10.9 Å². The van der Waals surface area contributed by atoms with Gasteiger partial charge in [0.25, 0.3) is 5.91 Å². The Morgan fingerprint density at radius 1 is 1.06 bits per heavy atom. The molecule has 0 bridgehead atoms. The smallest absolute Gasteiger partial charge is 0.255 e. The van der Waals surface area contributed by atoms with Crippen LogP contribution in [0.25, 0.3) is 16.9 Å². The number of aromatic nitrogens is 2. The third-order valence-corrected chi connectivity index (χ3v) is 6.05. The molecule has 7 heteroatoms. The van der Waals surface area contributed by atoms with Gasteiger partial charge in [-0.1, -0.05) is 41.9 Å². The monoisotopic (exact) mass is 438 g/mol. The number of rotatable bonds is 6. The number of amides is 1. The fraction of sp³-hybridized carbons (Fsp3) is 0.333. The maximum absolute atomic E-state index is 13.3. The molecule has 1 aromatic heterocycles. The van der Waals surface area contributed by atoms with Crippen LogP contribution in [0.1, 0.15) is 24.2 Å². The number of ether oxygens (including phenoxy) is 1. The second kappa shape index (κ2) is 9.64. The molecule has 0 spiro atoms. The molecule has 1 N–H and O–H groups in total. The average molecular weight is 439 g/mol. The lowest BCUT2D eigenvalue weighted by Gasteiger charge is -2.35. The van der Waals surface area contributed by atoms with Gasteiger partial charge in [-0.15, -0.1) is 0 Å². The minimum Gasteiger partial charge on any atom is -0.379 e. The fourth-order valence-corrected chi connectivity index (χ4v) is 3.91. The van der Waals surface area contributed by atoms with E-state index in [0.29, 0.717) is 16.3 Å². The van der Waals surface area contributed by atoms with Gasteiger partial charge in [0.15, 0.2) is 0 Å². The molecule has 2 atom stereocenters. The SMILES string of the molecule is CC(NC(=O)c1cn(-c2ccccc2)nc1-c1ccc(Cl)cc1)C(C)N1CCOCC1. The maximum atomic E-state index is 13.3. The summed E-state index contributed by atoms with van der Waals surface area (Å²) in [6.07, 6.45) is 1.79. The molecule has 1 amide bonds. The molecular weight excluding hydrogens is 412 g/mol. The van der Waals surface area contributed by atoms with Crippen LogP contribution >= 0.6 is 11.6 Å². The predicted octanol–water partition coefficient (Wildman–Crippen LogP) is 4.03. The standard InChI is InChI=1S/C24H27ClN4O2/c1-17(18(2)28-12-14-31-15-13-28)26-24(30)22-16-29(21-6-4-3-5-7-21)27-23(22)19-8-10-20(25)11-9-19/h3-11,16-18H,12-15H2,1-2H3,(H,26,30). The molecule has 1 saturated heterocycles. The number of hydrogen-bond acceptors (Lipinski definition) is 4. The highest BCUT2D eigenvalue weighted by atomic mass is 35.5. The molecule has 2 aromatic carbocycles. The number of nitrogens with zero attached hydrogens (tertiary/aromatic N) is 3. The van der Waals surface area contributed by atoms with Crippen LogP contribution in [0.3, 0.4) is 0 Å². The summed E-state index contributed by atoms with van der Waals surface area (Å²) in [7, 11) is 0. The van der Waals surface area contributed by atoms with Crippen molar-refractivity contribution in [3.63, 3.8) is 0 Å². The van der Waals surface area contributed by atoms with Crippen molar-refractivity contribution in [3.05, 3.63) is 71.4 Å². The molecule has 162 valence electrons. The summed E-state index contributed by atoms with van der Waals surface area (Å²) in [5.41, 5.74) is 2.90. The van der Waals surface area contributed by atoms with Crippen molar-refractivity contribution in [2.45, 2.75) is 25.9 Å². The Hall–Kier alpha value is -2.67. The summed E-state index contributed by atoms with van der Waals surface area (Å²) in [6.45, 7) is 7.41. The Labute approximate surface area is 187 Å². The minimum atomic E-state index is -0.139. The van der Waals surface area contributed by atoms with Gasteiger partial charge in [0.1, 0.15) is 5.69 Å². The molecule has 0 radical (unpaired) electrons. The number of halogens is 1. The number of hydrogen-bond donors (Lipinski definition) is 1. The van der Waals surface area contributed by atoms with Crippen molar-refractivity contribution < 1.29 is 9.53 Å². The lowest BCUT2D eigenvalue weighted by Crippen LogP contribution is -2.52. The molecule has 0 aliphatic carbocycles. The predicted molar refractivity (Wildman–Crippen MR) is 123 cm³/mol. The number of morpholine rings is 1. The number of benzene rings is 2. The van der Waals surface area contributed by atoms with E-state index in [9.17, 15) is 4.79 Å². The van der Waals surface area contributed by atoms with Crippen LogP contribution in [0.4, 0.5) is 0 Å². The molecule has 1 aliphatic rings. The highest BCUT2D eigenvalue weighted by molar-refractivity contribution is 6.30. The molecule has 1 aliphatic heterocycles. The number of carbonyl (C=O) groups excluding carboxylic acids is 1. The van der Waals surface area contributed by atoms with Gasteiger partial charge >= 0.3 is 0 Å². The van der Waals surface area contributed by atoms with E-state index in [4.69, 9.17) is 21.4 Å². The summed E-state index contributed by atoms with van der Waals surface area (Å²) in [4.78, 5) is 15.7. The lowest BCUT2D eigenvalue weighted by atomic mass is 10.1. The van der Waals surface area contributed by atoms with Crippen molar-refractivity contribution in [1.82, 2.24) is 20.0 Å². The molecular formula is C24H27ClN4O2. The normalized spacial score (nSPS) is 16.6. The van der Waals surface area contributed by atoms with Crippen molar-refractivity contribution in [1.29, 1.82) is 0 Å². The Kier molecular flexibility index (Phi) is 6.70. The van der Waals surface area contributed by atoms with Crippen LogP contribution in [0.2, 0.25) is 5.02 Å². The van der Waals surface area contributed by atoms with Crippen LogP contribution in [0.5, 0.6) is 0 Å². The van der Waals surface area contributed by atoms with Crippen LogP contribution in [-0.4, -0.2) is 59.0 Å². The van der Waals surface area contributed by atoms with Gasteiger partial charge < -0.3 is 10.1 Å². The largest absolute Gasteiger partial charge is 0.379 e. The Morgan fingerprint density at radius 3 is 2.42 bits per heavy atom. The summed E-state index contributed by atoms with van der Waals surface area (Å²) < 4.78 is 7.19. The van der Waals surface area contributed by atoms with Gasteiger partial charge in [-0.25, -0.2) is 4.68 Å². The molecule has 31 heavy (non-hydrogen) atoms. The van der Waals surface area contributed by atoms with Crippen molar-refractivity contribution in [2.24, 2.45) is 0 Å². The van der Waals surface area contributed by atoms with Gasteiger partial charge in [0, 0.05) is 42.0 Å². The van der Waals surface area contributed by atoms with Gasteiger partial charge in [-0.05, 0) is 38.1 Å². The van der Waals surface area contributed by atoms with E-state index < -0.39 is 0 Å². The Morgan fingerprint density at radius 2 is 1.74 bits per heavy atom. The third-order valence-electron chi connectivity index (χ3n) is 5.80. The lowest BCUT2D eigenvalue weighted by molar-refractivity contribution is 0.0137. The van der Waals surface area contributed by atoms with E-state index in [1.165, 1.54) is 0 Å². The van der Waals surface area contributed by atoms with Gasteiger partial charge in [0.05, 0.1) is 24.5 Å². The van der Waals surface area contributed by atoms with E-state index >= 15 is 0 Å². The molecule has 3 aromatic rings. The van der Waals surface area contributed by atoms with Crippen LogP contribution in [0, 0.1) is 0 Å². The van der Waals surface area contributed by atoms with Crippen molar-refractivity contribution in [3.8, 4) is 16.9 Å². The van der Waals surface area contributed by atoms with E-state index in [0.717, 1.165) is 37.6 Å². The first-order valence-electron chi connectivity index (χ1n) is 10.6. The van der Waals surface area contributed by atoms with Crippen LogP contribution in [-0.2, 0) is 4.74 Å². The summed E-state index contributed by atoms with van der Waals surface area (Å²) in [5.74, 6) is -0.139. The summed E-state index contributed by atoms with van der Waals surface area (Å²) >= 11 is 6.06. The van der Waals surface area contributed by atoms with E-state index in [2.05, 4.69) is 17.1 Å². The number of carbonyl (C=O) groups is 1. The number of para-hydroxylation sites is 1. The average Bonchev–Trinajstić information content (AvgIpc) is 3.26. The minimum absolute atomic E-state index is 0.0243. The second-order valence-electron chi connectivity index (χ2n) is 7.83. The highest BCUT2D eigenvalue weighted by Gasteiger charge is 2.26. The molecule has 1 fully saturated rings. The fourth-order valence-electron chi connectivity index (χ4n) is 3.78. The summed E-state index contributed by atoms with van der Waals surface area (Å²) in [5, 5.41) is 8.55. The summed E-state index contributed by atoms with van der Waals surface area (Å²) in [6, 6.07) is 17.3. The molecule has 0 saturated carbocycles. The zero-order valence-corrected chi connectivity index (χ0v) is 18.5. The zero-order valence-electron chi connectivity index (χ0n) is 17.8. The topological polar surface area (TPSA) is 59.4 Å². The quantitative estimate of drug-likeness (QED) is 0.631. The molecule has 4 rings (SSSR count). The van der Waals surface area contributed by atoms with Gasteiger partial charge in [0.2, 0.25) is 0 Å². The van der Waals surface area contributed by atoms with Crippen molar-refractivity contribution >= 4 is 17.5 Å². The molecule has 2 heterocycles. The van der Waals surface area contributed by atoms with Crippen LogP contribution in [0.15, 0.2) is 60.8 Å². The van der Waals surface area contributed by atoms with Gasteiger partial charge in [-0.2, -0.15) is 5.10 Å². The maximum Gasteiger partial charge on any atom is 0.255 e. The Balaban J connectivity index is 1.61. The zero-order chi connectivity index (χ0) is 21.8. The number of nitrogens with one attached hydrogen (secondary N) is 1. The first kappa shape index (κ1) is 21.6. The third kappa shape index (κ3) is 4.98. The molecule has 2 unspecified atom stereocenters. The van der Waals surface area contributed by atoms with Crippen molar-refractivity contribution in [2.75, 3.05) is 26.3 Å². The molecule has 6 nitrogen and oxygen atoms in total. The highest BCUT2D eigenvalue weighted by Crippen LogP contribution is 2.25. The Bertz CT molecular complexity index is 1010. The van der Waals surface area contributed by atoms with Gasteiger partial charge in [-0.3, -0.25) is 9.69 Å². The first-order valence-corrected chi connectivity index (χ1v) is 10.9. The second-order valence-corrected chi connectivity index (χ2v) is 8.27. The first-order chi connectivity index (χ1) is 15.0. The van der Waals surface area contributed by atoms with Crippen LogP contribution < -0.4 is 5.32 Å².